The molecule has 0 atom stereocenters. The van der Waals surface area contributed by atoms with E-state index in [-0.39, 0.29) is 17.4 Å². The zero-order valence-electron chi connectivity index (χ0n) is 14.4. The molecule has 8 nitrogen and oxygen atoms in total. The Labute approximate surface area is 160 Å². The number of nitrogens with one attached hydrogen (secondary N) is 2. The maximum absolute atomic E-state index is 11.8. The van der Waals surface area contributed by atoms with E-state index in [2.05, 4.69) is 15.8 Å². The quantitative estimate of drug-likeness (QED) is 0.395. The number of aryl methyl sites for hydroxylation is 1. The molecule has 0 spiro atoms. The molecule has 0 heterocycles. The van der Waals surface area contributed by atoms with Crippen LogP contribution in [-0.4, -0.2) is 30.5 Å². The lowest BCUT2D eigenvalue weighted by Crippen LogP contribution is -2.32. The molecule has 0 saturated heterocycles. The van der Waals surface area contributed by atoms with Crippen LogP contribution in [0.2, 0.25) is 5.02 Å². The minimum atomic E-state index is -0.916. The Morgan fingerprint density at radius 3 is 2.63 bits per heavy atom. The van der Waals surface area contributed by atoms with Crippen molar-refractivity contribution in [2.24, 2.45) is 10.8 Å². The van der Waals surface area contributed by atoms with Crippen molar-refractivity contribution < 1.29 is 19.1 Å². The second-order valence-electron chi connectivity index (χ2n) is 5.47. The number of nitrogens with zero attached hydrogens (tertiary/aromatic N) is 1. The van der Waals surface area contributed by atoms with Crippen molar-refractivity contribution in [2.45, 2.75) is 6.92 Å². The average Bonchev–Trinajstić information content (AvgIpc) is 2.60. The first-order valence-electron chi connectivity index (χ1n) is 7.77. The van der Waals surface area contributed by atoms with E-state index in [9.17, 15) is 14.4 Å². The fourth-order valence-corrected chi connectivity index (χ4v) is 2.23. The normalized spacial score (nSPS) is 10.4. The van der Waals surface area contributed by atoms with Crippen LogP contribution < -0.4 is 21.2 Å². The Kier molecular flexibility index (Phi) is 6.90. The van der Waals surface area contributed by atoms with Crippen molar-refractivity contribution in [3.05, 3.63) is 58.6 Å². The monoisotopic (exact) mass is 388 g/mol. The number of nitrogens with two attached hydrogens (primary N) is 1. The van der Waals surface area contributed by atoms with Gasteiger partial charge in [-0.1, -0.05) is 23.7 Å². The van der Waals surface area contributed by atoms with Gasteiger partial charge in [0.25, 0.3) is 5.91 Å². The number of rotatable bonds is 6. The number of benzene rings is 2. The lowest BCUT2D eigenvalue weighted by Gasteiger charge is -2.06. The number of hydrogen-bond donors (Lipinski definition) is 3. The third-order valence-electron chi connectivity index (χ3n) is 3.19. The molecule has 0 radical (unpaired) electrons. The first-order chi connectivity index (χ1) is 12.8. The van der Waals surface area contributed by atoms with Crippen LogP contribution in [-0.2, 0) is 14.4 Å². The molecular weight excluding hydrogens is 372 g/mol. The fourth-order valence-electron chi connectivity index (χ4n) is 1.99. The van der Waals surface area contributed by atoms with Crippen LogP contribution in [0.3, 0.4) is 0 Å². The number of hydrazone groups is 1. The standard InChI is InChI=1S/C18H17ClN4O4/c1-11-3-2-4-13(7-11)22-17(25)18(26)23-21-9-12-5-6-15(14(19)8-12)27-10-16(20)24/h2-9H,10H2,1H3,(H2,20,24)(H,22,25)(H,23,26)/b21-9-. The van der Waals surface area contributed by atoms with E-state index >= 15 is 0 Å². The molecule has 2 rings (SSSR count). The highest BCUT2D eigenvalue weighted by Gasteiger charge is 2.12. The molecular formula is C18H17ClN4O4. The Morgan fingerprint density at radius 2 is 1.96 bits per heavy atom. The molecule has 0 aliphatic rings. The summed E-state index contributed by atoms with van der Waals surface area (Å²) in [4.78, 5) is 34.3. The highest BCUT2D eigenvalue weighted by Crippen LogP contribution is 2.24. The van der Waals surface area contributed by atoms with E-state index in [1.165, 1.54) is 18.3 Å². The molecule has 2 aromatic rings. The number of hydrogen-bond acceptors (Lipinski definition) is 5. The topological polar surface area (TPSA) is 123 Å². The summed E-state index contributed by atoms with van der Waals surface area (Å²) in [7, 11) is 0. The van der Waals surface area contributed by atoms with Crippen molar-refractivity contribution in [3.8, 4) is 5.75 Å². The Bertz CT molecular complexity index is 899. The average molecular weight is 389 g/mol. The highest BCUT2D eigenvalue weighted by molar-refractivity contribution is 6.39. The maximum Gasteiger partial charge on any atom is 0.329 e. The van der Waals surface area contributed by atoms with E-state index in [1.54, 1.807) is 24.3 Å². The number of carbonyl (C=O) groups excluding carboxylic acids is 3. The van der Waals surface area contributed by atoms with Gasteiger partial charge < -0.3 is 15.8 Å². The van der Waals surface area contributed by atoms with Gasteiger partial charge in [0.2, 0.25) is 0 Å². The summed E-state index contributed by atoms with van der Waals surface area (Å²) < 4.78 is 5.12. The van der Waals surface area contributed by atoms with Gasteiger partial charge in [-0.25, -0.2) is 5.43 Å². The number of primary amides is 1. The predicted molar refractivity (Wildman–Crippen MR) is 102 cm³/mol. The molecule has 0 saturated carbocycles. The zero-order chi connectivity index (χ0) is 19.8. The number of anilines is 1. The van der Waals surface area contributed by atoms with E-state index in [4.69, 9.17) is 22.1 Å². The van der Waals surface area contributed by atoms with Gasteiger partial charge in [-0.05, 0) is 48.4 Å². The minimum absolute atomic E-state index is 0.240. The van der Waals surface area contributed by atoms with E-state index in [0.29, 0.717) is 11.3 Å². The fraction of sp³-hybridized carbons (Fsp3) is 0.111. The van der Waals surface area contributed by atoms with E-state index in [0.717, 1.165) is 5.56 Å². The van der Waals surface area contributed by atoms with Gasteiger partial charge in [-0.3, -0.25) is 14.4 Å². The molecule has 3 amide bonds. The number of halogens is 1. The third kappa shape index (κ3) is 6.44. The van der Waals surface area contributed by atoms with Gasteiger partial charge in [0, 0.05) is 5.69 Å². The van der Waals surface area contributed by atoms with Gasteiger partial charge in [-0.15, -0.1) is 0 Å². The molecule has 0 bridgehead atoms. The first-order valence-corrected chi connectivity index (χ1v) is 8.14. The molecule has 2 aromatic carbocycles. The van der Waals surface area contributed by atoms with Crippen LogP contribution in [0.5, 0.6) is 5.75 Å². The molecule has 0 aromatic heterocycles. The van der Waals surface area contributed by atoms with Crippen LogP contribution in [0.25, 0.3) is 0 Å². The van der Waals surface area contributed by atoms with Crippen LogP contribution >= 0.6 is 11.6 Å². The Hall–Kier alpha value is -3.39. The van der Waals surface area contributed by atoms with Crippen LogP contribution in [0.4, 0.5) is 5.69 Å². The van der Waals surface area contributed by atoms with E-state index < -0.39 is 17.7 Å². The van der Waals surface area contributed by atoms with Gasteiger partial charge in [-0.2, -0.15) is 5.10 Å². The minimum Gasteiger partial charge on any atom is -0.482 e. The summed E-state index contributed by atoms with van der Waals surface area (Å²) in [6, 6.07) is 11.7. The maximum atomic E-state index is 11.8. The smallest absolute Gasteiger partial charge is 0.329 e. The van der Waals surface area contributed by atoms with Crippen molar-refractivity contribution in [2.75, 3.05) is 11.9 Å². The lowest BCUT2D eigenvalue weighted by molar-refractivity contribution is -0.136. The van der Waals surface area contributed by atoms with Crippen molar-refractivity contribution >= 4 is 41.2 Å². The van der Waals surface area contributed by atoms with Crippen molar-refractivity contribution in [3.63, 3.8) is 0 Å². The SMILES string of the molecule is Cc1cccc(NC(=O)C(=O)N/N=C\c2ccc(OCC(N)=O)c(Cl)c2)c1. The predicted octanol–water partition coefficient (Wildman–Crippen LogP) is 1.60. The summed E-state index contributed by atoms with van der Waals surface area (Å²) in [6.45, 7) is 1.58. The molecule has 4 N–H and O–H groups in total. The second kappa shape index (κ2) is 9.35. The first kappa shape index (κ1) is 19.9. The van der Waals surface area contributed by atoms with Gasteiger partial charge >= 0.3 is 11.8 Å². The number of ether oxygens (including phenoxy) is 1. The van der Waals surface area contributed by atoms with Crippen LogP contribution in [0.15, 0.2) is 47.6 Å². The summed E-state index contributed by atoms with van der Waals surface area (Å²) >= 11 is 6.02. The third-order valence-corrected chi connectivity index (χ3v) is 3.48. The van der Waals surface area contributed by atoms with Gasteiger partial charge in [0.1, 0.15) is 5.75 Å². The number of amides is 3. The summed E-state index contributed by atoms with van der Waals surface area (Å²) in [6.07, 6.45) is 1.31. The zero-order valence-corrected chi connectivity index (χ0v) is 15.1. The Morgan fingerprint density at radius 1 is 1.19 bits per heavy atom. The van der Waals surface area contributed by atoms with Crippen molar-refractivity contribution in [1.82, 2.24) is 5.43 Å². The van der Waals surface area contributed by atoms with Crippen LogP contribution in [0.1, 0.15) is 11.1 Å². The van der Waals surface area contributed by atoms with Gasteiger partial charge in [0.05, 0.1) is 11.2 Å². The van der Waals surface area contributed by atoms with E-state index in [1.807, 2.05) is 13.0 Å². The Balaban J connectivity index is 1.90. The molecule has 0 unspecified atom stereocenters. The van der Waals surface area contributed by atoms with Crippen LogP contribution in [0, 0.1) is 6.92 Å². The highest BCUT2D eigenvalue weighted by atomic mass is 35.5. The largest absolute Gasteiger partial charge is 0.482 e. The number of carbonyl (C=O) groups is 3. The molecule has 9 heteroatoms. The van der Waals surface area contributed by atoms with Crippen molar-refractivity contribution in [1.29, 1.82) is 0 Å². The summed E-state index contributed by atoms with van der Waals surface area (Å²) in [5.41, 5.74) is 9.13. The molecule has 27 heavy (non-hydrogen) atoms. The lowest BCUT2D eigenvalue weighted by atomic mass is 10.2. The molecule has 0 fully saturated rings. The van der Waals surface area contributed by atoms with Gasteiger partial charge in [0.15, 0.2) is 6.61 Å². The molecule has 140 valence electrons. The second-order valence-corrected chi connectivity index (χ2v) is 5.87. The molecule has 0 aliphatic heterocycles. The summed E-state index contributed by atoms with van der Waals surface area (Å²) in [5.74, 6) is -2.09. The molecule has 0 aliphatic carbocycles. The summed E-state index contributed by atoms with van der Waals surface area (Å²) in [5, 5.41) is 6.42.